The van der Waals surface area contributed by atoms with E-state index < -0.39 is 21.4 Å². The van der Waals surface area contributed by atoms with Gasteiger partial charge in [-0.1, -0.05) is 5.11 Å². The molecule has 0 heterocycles. The highest BCUT2D eigenvalue weighted by atomic mass is 35.5. The summed E-state index contributed by atoms with van der Waals surface area (Å²) in [4.78, 5) is 44.5. The third kappa shape index (κ3) is 69.7. The number of nitrogens with one attached hydrogen (secondary N) is 1. The summed E-state index contributed by atoms with van der Waals surface area (Å²) in [6, 6.07) is 10.2. The van der Waals surface area contributed by atoms with E-state index in [0.717, 1.165) is 0 Å². The van der Waals surface area contributed by atoms with Gasteiger partial charge in [-0.2, -0.15) is 0 Å². The molecule has 0 aromatic heterocycles. The van der Waals surface area contributed by atoms with Gasteiger partial charge in [-0.05, 0) is 29.8 Å². The maximum absolute atomic E-state index is 11.8. The zero-order chi connectivity index (χ0) is 72.0. The average Bonchev–Trinajstić information content (AvgIpc) is 0.942. The minimum absolute atomic E-state index is 0.0747. The van der Waals surface area contributed by atoms with E-state index in [1.165, 1.54) is 48.5 Å². The van der Waals surface area contributed by atoms with Crippen molar-refractivity contribution in [2.24, 2.45) is 5.11 Å². The Balaban J connectivity index is 0.00000342. The summed E-state index contributed by atoms with van der Waals surface area (Å²) >= 11 is 4.92. The van der Waals surface area contributed by atoms with Gasteiger partial charge in [0.25, 0.3) is 11.4 Å². The van der Waals surface area contributed by atoms with Crippen molar-refractivity contribution in [2.75, 3.05) is 317 Å². The molecule has 0 spiro atoms. The molecular weight excluding hydrogens is 1360 g/mol. The first kappa shape index (κ1) is 92.7. The summed E-state index contributed by atoms with van der Waals surface area (Å²) in [5.74, 6) is 0.368. The van der Waals surface area contributed by atoms with E-state index in [1.54, 1.807) is 0 Å². The minimum atomic E-state index is -0.978. The second-order valence-electron chi connectivity index (χ2n) is 19.2. The molecule has 0 radical (unpaired) electrons. The molecule has 100 heavy (non-hydrogen) atoms. The molecule has 0 aliphatic heterocycles. The molecule has 0 saturated heterocycles. The van der Waals surface area contributed by atoms with Crippen molar-refractivity contribution in [3.05, 3.63) is 79.2 Å². The van der Waals surface area contributed by atoms with E-state index in [1.807, 2.05) is 0 Å². The van der Waals surface area contributed by atoms with Gasteiger partial charge >= 0.3 is 11.5 Å². The molecule has 0 aliphatic carbocycles. The molecule has 576 valence electrons. The average molecular weight is 1470 g/mol. The highest BCUT2D eigenvalue weighted by molar-refractivity contribution is 6.61. The number of hydrogen-bond acceptors (Lipinski definition) is 32. The van der Waals surface area contributed by atoms with E-state index in [0.29, 0.717) is 304 Å². The van der Waals surface area contributed by atoms with Crippen LogP contribution in [0.25, 0.3) is 10.4 Å². The second kappa shape index (κ2) is 76.3. The standard InChI is InChI=1S/C55H101N5O27.C7H4ClNO4/c56-59-58-6-8-65-10-12-67-14-16-69-18-20-71-22-24-73-26-28-75-30-32-77-34-36-79-38-40-81-42-44-83-46-48-85-50-52-86-51-49-84-47-45-82-43-41-80-39-37-78-35-33-76-31-29-74-27-25-72-23-21-70-19-17-68-15-13-66-11-9-64-7-5-57-55(61)87-54-3-1-53(2-4-54)60(62)63;8-7(10)13-6-3-1-5(2-4-6)9(11)12/h1-4H,5-52H2,(H,57,61);1-4H. The van der Waals surface area contributed by atoms with Crippen molar-refractivity contribution in [1.82, 2.24) is 5.32 Å². The van der Waals surface area contributed by atoms with Crippen LogP contribution in [0.2, 0.25) is 0 Å². The molecule has 2 aromatic rings. The number of non-ortho nitro benzene ring substituents is 2. The Labute approximate surface area is 588 Å². The number of hydrogen-bond donors (Lipinski definition) is 1. The SMILES string of the molecule is O=C(Cl)Oc1ccc([N+](=O)[O-])cc1.[N-]=[N+]=NCCOCCOCCOCCOCCOCCOCCOCCOCCOCCOCCOCCOCCOCCOCCOCCOCCOCCOCCOCCOCCOCCOCCOCCNC(=O)Oc1ccc([N+](=O)[O-])cc1. The first-order valence-corrected chi connectivity index (χ1v) is 33.2. The maximum Gasteiger partial charge on any atom is 0.412 e. The first-order valence-electron chi connectivity index (χ1n) is 32.8. The highest BCUT2D eigenvalue weighted by Gasteiger charge is 2.09. The number of benzene rings is 2. The van der Waals surface area contributed by atoms with Gasteiger partial charge in [0.15, 0.2) is 0 Å². The molecule has 1 amide bonds. The molecular formula is C62H105ClN6O31. The summed E-state index contributed by atoms with van der Waals surface area (Å²) in [6.07, 6.45) is -0.684. The van der Waals surface area contributed by atoms with Crippen LogP contribution >= 0.6 is 11.6 Å². The van der Waals surface area contributed by atoms with Crippen molar-refractivity contribution < 1.29 is 138 Å². The topological polar surface area (TPSA) is 412 Å². The lowest BCUT2D eigenvalue weighted by Gasteiger charge is -2.09. The number of carbonyl (C=O) groups excluding carboxylic acids is 2. The molecule has 0 aliphatic rings. The van der Waals surface area contributed by atoms with E-state index >= 15 is 0 Å². The molecule has 38 heteroatoms. The van der Waals surface area contributed by atoms with Crippen LogP contribution in [-0.4, -0.2) is 338 Å². The van der Waals surface area contributed by atoms with Gasteiger partial charge in [-0.15, -0.1) is 0 Å². The number of amides is 1. The summed E-state index contributed by atoms with van der Waals surface area (Å²) < 4.78 is 135. The Hall–Kier alpha value is -5.34. The number of nitro groups is 2. The van der Waals surface area contributed by atoms with Gasteiger partial charge in [-0.25, -0.2) is 9.59 Å². The Morgan fingerprint density at radius 1 is 0.320 bits per heavy atom. The van der Waals surface area contributed by atoms with Crippen LogP contribution in [0.15, 0.2) is 53.6 Å². The molecule has 37 nitrogen and oxygen atoms in total. The Morgan fingerprint density at radius 2 is 0.500 bits per heavy atom. The number of rotatable bonds is 76. The second-order valence-corrected chi connectivity index (χ2v) is 19.5. The van der Waals surface area contributed by atoms with E-state index in [2.05, 4.69) is 20.1 Å². The van der Waals surface area contributed by atoms with Gasteiger partial charge in [0.2, 0.25) is 0 Å². The van der Waals surface area contributed by atoms with Crippen LogP contribution < -0.4 is 14.8 Å². The fraction of sp³-hybridized carbons (Fsp3) is 0.774. The molecule has 0 atom stereocenters. The van der Waals surface area contributed by atoms with Crippen molar-refractivity contribution in [3.8, 4) is 11.5 Å². The van der Waals surface area contributed by atoms with Crippen LogP contribution in [-0.2, 0) is 109 Å². The maximum atomic E-state index is 11.8. The van der Waals surface area contributed by atoms with Gasteiger partial charge < -0.3 is 124 Å². The molecule has 2 rings (SSSR count). The zero-order valence-electron chi connectivity index (χ0n) is 57.3. The van der Waals surface area contributed by atoms with Gasteiger partial charge in [0, 0.05) is 53.9 Å². The summed E-state index contributed by atoms with van der Waals surface area (Å²) in [5, 5.41) is 26.8. The first-order chi connectivity index (χ1) is 49.2. The Kier molecular flexibility index (Phi) is 70.7. The van der Waals surface area contributed by atoms with E-state index in [4.69, 9.17) is 131 Å². The van der Waals surface area contributed by atoms with E-state index in [9.17, 15) is 29.8 Å². The molecule has 2 aromatic carbocycles. The number of halogens is 1. The van der Waals surface area contributed by atoms with Crippen molar-refractivity contribution in [1.29, 1.82) is 0 Å². The van der Waals surface area contributed by atoms with Crippen LogP contribution in [0.5, 0.6) is 11.5 Å². The largest absolute Gasteiger partial charge is 0.414 e. The monoisotopic (exact) mass is 1460 g/mol. The number of ether oxygens (including phenoxy) is 25. The summed E-state index contributed by atoms with van der Waals surface area (Å²) in [7, 11) is 0. The summed E-state index contributed by atoms with van der Waals surface area (Å²) in [6.45, 7) is 21.5. The fourth-order valence-corrected chi connectivity index (χ4v) is 6.91. The minimum Gasteiger partial charge on any atom is -0.414 e. The van der Waals surface area contributed by atoms with Gasteiger partial charge in [-0.3, -0.25) is 20.2 Å². The number of nitro benzene ring substituents is 2. The molecule has 0 unspecified atom stereocenters. The van der Waals surface area contributed by atoms with E-state index in [-0.39, 0.29) is 36.0 Å². The zero-order valence-corrected chi connectivity index (χ0v) is 58.1. The van der Waals surface area contributed by atoms with Crippen LogP contribution in [0.4, 0.5) is 21.0 Å². The number of azide groups is 1. The van der Waals surface area contributed by atoms with Crippen LogP contribution in [0.3, 0.4) is 0 Å². The van der Waals surface area contributed by atoms with Crippen molar-refractivity contribution >= 4 is 34.5 Å². The number of nitrogens with zero attached hydrogens (tertiary/aromatic N) is 5. The molecule has 0 fully saturated rings. The van der Waals surface area contributed by atoms with Crippen molar-refractivity contribution in [3.63, 3.8) is 0 Å². The molecule has 0 saturated carbocycles. The lowest BCUT2D eigenvalue weighted by Crippen LogP contribution is -2.30. The smallest absolute Gasteiger partial charge is 0.412 e. The lowest BCUT2D eigenvalue weighted by atomic mass is 10.3. The molecule has 1 N–H and O–H groups in total. The van der Waals surface area contributed by atoms with Crippen molar-refractivity contribution in [2.45, 2.75) is 0 Å². The molecule has 0 bridgehead atoms. The normalized spacial score (nSPS) is 11.1. The fourth-order valence-electron chi connectivity index (χ4n) is 6.82. The Morgan fingerprint density at radius 3 is 0.680 bits per heavy atom. The third-order valence-corrected chi connectivity index (χ3v) is 11.7. The number of carbonyl (C=O) groups is 2. The van der Waals surface area contributed by atoms with Gasteiger partial charge in [0.1, 0.15) is 11.5 Å². The van der Waals surface area contributed by atoms with Crippen LogP contribution in [0, 0.1) is 20.2 Å². The predicted molar refractivity (Wildman–Crippen MR) is 355 cm³/mol. The Bertz CT molecular complexity index is 2190. The lowest BCUT2D eigenvalue weighted by molar-refractivity contribution is -0.385. The van der Waals surface area contributed by atoms with Crippen LogP contribution in [0.1, 0.15) is 0 Å². The highest BCUT2D eigenvalue weighted by Crippen LogP contribution is 2.19. The predicted octanol–water partition coefficient (Wildman–Crippen LogP) is 4.71. The van der Waals surface area contributed by atoms with Gasteiger partial charge in [0.05, 0.1) is 314 Å². The third-order valence-electron chi connectivity index (χ3n) is 11.6. The quantitative estimate of drug-likeness (QED) is 0.0178. The summed E-state index contributed by atoms with van der Waals surface area (Å²) in [5.41, 5.74) is 7.03.